The summed E-state index contributed by atoms with van der Waals surface area (Å²) in [6, 6.07) is 16.0. The van der Waals surface area contributed by atoms with Crippen LogP contribution < -0.4 is 10.2 Å². The van der Waals surface area contributed by atoms with Crippen LogP contribution in [0.25, 0.3) is 33.1 Å². The Balaban J connectivity index is 1.37. The second-order valence-electron chi connectivity index (χ2n) is 8.20. The number of aromatic nitrogens is 1. The maximum Gasteiger partial charge on any atom is 0.202 e. The summed E-state index contributed by atoms with van der Waals surface area (Å²) in [7, 11) is 0. The molecule has 0 radical (unpaired) electrons. The van der Waals surface area contributed by atoms with Crippen molar-refractivity contribution >= 4 is 21.9 Å². The first-order valence-electron chi connectivity index (χ1n) is 10.8. The predicted octanol–water partition coefficient (Wildman–Crippen LogP) is 1.23. The molecule has 0 amide bonds. The van der Waals surface area contributed by atoms with Gasteiger partial charge >= 0.3 is 0 Å². The third kappa shape index (κ3) is 4.04. The molecule has 0 bridgehead atoms. The zero-order chi connectivity index (χ0) is 23.8. The smallest absolute Gasteiger partial charge is 0.202 e. The fraction of sp³-hybridized carbons (Fsp3) is 0.280. The molecule has 0 saturated carbocycles. The summed E-state index contributed by atoms with van der Waals surface area (Å²) in [5.74, 6) is 0.351. The van der Waals surface area contributed by atoms with Gasteiger partial charge in [0.05, 0.1) is 28.8 Å². The fourth-order valence-electron chi connectivity index (χ4n) is 4.09. The van der Waals surface area contributed by atoms with Crippen LogP contribution >= 0.6 is 0 Å². The maximum atomic E-state index is 13.1. The number of nitrogens with zero attached hydrogens (tertiary/aromatic N) is 1. The molecule has 0 spiro atoms. The van der Waals surface area contributed by atoms with E-state index in [1.807, 2.05) is 30.3 Å². The molecule has 4 N–H and O–H groups in total. The molecule has 4 aromatic rings. The fourth-order valence-corrected chi connectivity index (χ4v) is 4.09. The van der Waals surface area contributed by atoms with Gasteiger partial charge in [-0.1, -0.05) is 24.3 Å². The highest BCUT2D eigenvalue weighted by Crippen LogP contribution is 2.26. The third-order valence-electron chi connectivity index (χ3n) is 6.03. The molecular weight excluding hydrogens is 442 g/mol. The van der Waals surface area contributed by atoms with E-state index >= 15 is 0 Å². The Hall–Kier alpha value is -3.34. The van der Waals surface area contributed by atoms with Crippen LogP contribution in [0.1, 0.15) is 0 Å². The first-order valence-corrected chi connectivity index (χ1v) is 10.8. The standard InChI is InChI=1S/C25H23NO8/c27-10-20-23(29)25(31)24(30)21(34-20)12-32-14-6-7-15-19(9-14)33-11-16(22(15)28)18-8-5-13-3-1-2-4-17(13)26-18/h1-9,11,20-21,23-25,27,29-31H,10,12H2. The van der Waals surface area contributed by atoms with Crippen molar-refractivity contribution in [2.45, 2.75) is 30.5 Å². The molecule has 1 saturated heterocycles. The van der Waals surface area contributed by atoms with Crippen LogP contribution in [0.3, 0.4) is 0 Å². The number of rotatable bonds is 5. The normalized spacial score (nSPS) is 25.0. The lowest BCUT2D eigenvalue weighted by molar-refractivity contribution is -0.234. The van der Waals surface area contributed by atoms with Gasteiger partial charge in [-0.15, -0.1) is 0 Å². The van der Waals surface area contributed by atoms with Crippen molar-refractivity contribution in [2.24, 2.45) is 0 Å². The molecule has 9 heteroatoms. The lowest BCUT2D eigenvalue weighted by Gasteiger charge is -2.39. The summed E-state index contributed by atoms with van der Waals surface area (Å²) in [6.45, 7) is -0.673. The minimum absolute atomic E-state index is 0.156. The molecule has 176 valence electrons. The number of para-hydroxylation sites is 1. The monoisotopic (exact) mass is 465 g/mol. The van der Waals surface area contributed by atoms with E-state index in [1.165, 1.54) is 6.26 Å². The van der Waals surface area contributed by atoms with E-state index in [1.54, 1.807) is 24.3 Å². The molecular formula is C25H23NO8. The van der Waals surface area contributed by atoms with Crippen LogP contribution in [0.2, 0.25) is 0 Å². The number of benzene rings is 2. The number of hydrogen-bond acceptors (Lipinski definition) is 9. The van der Waals surface area contributed by atoms with E-state index in [0.717, 1.165) is 10.9 Å². The Bertz CT molecular complexity index is 1380. The molecule has 1 aliphatic heterocycles. The van der Waals surface area contributed by atoms with E-state index in [-0.39, 0.29) is 12.0 Å². The van der Waals surface area contributed by atoms with Gasteiger partial charge in [0.15, 0.2) is 0 Å². The number of aliphatic hydroxyl groups excluding tert-OH is 4. The Morgan fingerprint density at radius 3 is 2.56 bits per heavy atom. The van der Waals surface area contributed by atoms with Crippen molar-refractivity contribution < 1.29 is 34.3 Å². The number of hydrogen-bond donors (Lipinski definition) is 4. The summed E-state index contributed by atoms with van der Waals surface area (Å²) in [6.07, 6.45) is -4.92. The Kier molecular flexibility index (Phi) is 6.03. The molecule has 5 rings (SSSR count). The van der Waals surface area contributed by atoms with E-state index < -0.39 is 37.1 Å². The van der Waals surface area contributed by atoms with Crippen LogP contribution in [0, 0.1) is 0 Å². The largest absolute Gasteiger partial charge is 0.491 e. The zero-order valence-corrected chi connectivity index (χ0v) is 17.9. The van der Waals surface area contributed by atoms with Gasteiger partial charge < -0.3 is 34.3 Å². The second kappa shape index (κ2) is 9.13. The number of pyridine rings is 1. The van der Waals surface area contributed by atoms with Crippen molar-refractivity contribution in [3.8, 4) is 17.0 Å². The Morgan fingerprint density at radius 1 is 0.941 bits per heavy atom. The molecule has 5 atom stereocenters. The lowest BCUT2D eigenvalue weighted by atomic mass is 9.95. The van der Waals surface area contributed by atoms with Crippen LogP contribution in [-0.2, 0) is 4.74 Å². The number of aliphatic hydroxyl groups is 4. The minimum atomic E-state index is -1.48. The summed E-state index contributed by atoms with van der Waals surface area (Å²) in [4.78, 5) is 17.7. The van der Waals surface area contributed by atoms with Crippen molar-refractivity contribution in [2.75, 3.05) is 13.2 Å². The number of fused-ring (bicyclic) bond motifs is 2. The molecule has 2 aromatic heterocycles. The highest BCUT2D eigenvalue weighted by molar-refractivity contribution is 5.85. The SMILES string of the molecule is O=c1c(-c2ccc3ccccc3n2)coc2cc(OCC3OC(CO)C(O)C(O)C3O)ccc12. The van der Waals surface area contributed by atoms with Gasteiger partial charge in [-0.2, -0.15) is 0 Å². The van der Waals surface area contributed by atoms with Crippen LogP contribution in [0.5, 0.6) is 5.75 Å². The summed E-state index contributed by atoms with van der Waals surface area (Å²) >= 11 is 0. The van der Waals surface area contributed by atoms with Crippen LogP contribution in [0.4, 0.5) is 0 Å². The molecule has 3 heterocycles. The maximum absolute atomic E-state index is 13.1. The third-order valence-corrected chi connectivity index (χ3v) is 6.03. The molecule has 1 fully saturated rings. The molecule has 1 aliphatic rings. The van der Waals surface area contributed by atoms with Crippen molar-refractivity contribution in [3.05, 3.63) is 71.1 Å². The first-order chi connectivity index (χ1) is 16.5. The van der Waals surface area contributed by atoms with Gasteiger partial charge in [-0.05, 0) is 24.3 Å². The first kappa shape index (κ1) is 22.5. The summed E-state index contributed by atoms with van der Waals surface area (Å²) in [5, 5.41) is 40.6. The Labute approximate surface area is 193 Å². The average molecular weight is 465 g/mol. The predicted molar refractivity (Wildman–Crippen MR) is 122 cm³/mol. The van der Waals surface area contributed by atoms with Crippen molar-refractivity contribution in [3.63, 3.8) is 0 Å². The van der Waals surface area contributed by atoms with Crippen molar-refractivity contribution in [1.29, 1.82) is 0 Å². The van der Waals surface area contributed by atoms with E-state index in [9.17, 15) is 25.2 Å². The highest BCUT2D eigenvalue weighted by Gasteiger charge is 2.43. The van der Waals surface area contributed by atoms with Gasteiger partial charge in [0, 0.05) is 11.5 Å². The molecule has 0 aliphatic carbocycles. The molecule has 5 unspecified atom stereocenters. The quantitative estimate of drug-likeness (QED) is 0.342. The van der Waals surface area contributed by atoms with Gasteiger partial charge in [0.25, 0.3) is 0 Å². The second-order valence-corrected chi connectivity index (χ2v) is 8.20. The van der Waals surface area contributed by atoms with E-state index in [4.69, 9.17) is 13.9 Å². The Morgan fingerprint density at radius 2 is 1.74 bits per heavy atom. The van der Waals surface area contributed by atoms with Crippen LogP contribution in [-0.4, -0.2) is 69.1 Å². The number of ether oxygens (including phenoxy) is 2. The molecule has 9 nitrogen and oxygen atoms in total. The van der Waals surface area contributed by atoms with Crippen molar-refractivity contribution in [1.82, 2.24) is 4.98 Å². The van der Waals surface area contributed by atoms with Gasteiger partial charge in [0.2, 0.25) is 5.43 Å². The van der Waals surface area contributed by atoms with Gasteiger partial charge in [0.1, 0.15) is 54.7 Å². The minimum Gasteiger partial charge on any atom is -0.491 e. The summed E-state index contributed by atoms with van der Waals surface area (Å²) in [5.41, 5.74) is 1.70. The molecule has 2 aromatic carbocycles. The van der Waals surface area contributed by atoms with Crippen LogP contribution in [0.15, 0.2) is 70.1 Å². The van der Waals surface area contributed by atoms with Gasteiger partial charge in [-0.25, -0.2) is 4.98 Å². The summed E-state index contributed by atoms with van der Waals surface area (Å²) < 4.78 is 16.8. The lowest BCUT2D eigenvalue weighted by Crippen LogP contribution is -2.59. The average Bonchev–Trinajstić information content (AvgIpc) is 2.87. The van der Waals surface area contributed by atoms with E-state index in [2.05, 4.69) is 4.98 Å². The van der Waals surface area contributed by atoms with Gasteiger partial charge in [-0.3, -0.25) is 4.79 Å². The zero-order valence-electron chi connectivity index (χ0n) is 17.9. The highest BCUT2D eigenvalue weighted by atomic mass is 16.6. The van der Waals surface area contributed by atoms with E-state index in [0.29, 0.717) is 28.0 Å². The topological polar surface area (TPSA) is 142 Å². The molecule has 34 heavy (non-hydrogen) atoms.